The molecule has 0 radical (unpaired) electrons. The lowest BCUT2D eigenvalue weighted by Gasteiger charge is -2.37. The molecule has 1 aromatic rings. The highest BCUT2D eigenvalue weighted by Gasteiger charge is 2.44. The number of rotatable bonds is 2. The molecule has 0 amide bonds. The first kappa shape index (κ1) is 12.2. The Kier molecular flexibility index (Phi) is 3.03. The maximum absolute atomic E-state index is 9.37. The molecular weight excluding hydrogens is 238 g/mol. The molecule has 1 fully saturated rings. The number of aryl methyl sites for hydroxylation is 1. The highest BCUT2D eigenvalue weighted by atomic mass is 35.5. The number of methoxy groups -OCH3 is 1. The van der Waals surface area contributed by atoms with Gasteiger partial charge in [-0.2, -0.15) is 5.26 Å². The molecule has 0 aliphatic carbocycles. The highest BCUT2D eigenvalue weighted by Crippen LogP contribution is 2.43. The van der Waals surface area contributed by atoms with Gasteiger partial charge in [0.15, 0.2) is 0 Å². The van der Waals surface area contributed by atoms with Crippen LogP contribution in [0.4, 0.5) is 0 Å². The molecule has 0 bridgehead atoms. The van der Waals surface area contributed by atoms with Gasteiger partial charge in [-0.25, -0.2) is 0 Å². The quantitative estimate of drug-likeness (QED) is 0.812. The lowest BCUT2D eigenvalue weighted by molar-refractivity contribution is -0.0310. The van der Waals surface area contributed by atoms with E-state index >= 15 is 0 Å². The van der Waals surface area contributed by atoms with Gasteiger partial charge < -0.3 is 9.47 Å². The number of ether oxygens (including phenoxy) is 2. The largest absolute Gasteiger partial charge is 0.496 e. The summed E-state index contributed by atoms with van der Waals surface area (Å²) in [6.45, 7) is 4.66. The predicted molar refractivity (Wildman–Crippen MR) is 65.6 cm³/mol. The standard InChI is InChI=1S/C13H14ClNO2/c1-8-4-10(16-3)11(9(2)12(8)14)13(5-15)6-17-7-13/h4H,6-7H2,1-3H3. The van der Waals surface area contributed by atoms with Crippen molar-refractivity contribution in [2.24, 2.45) is 0 Å². The minimum Gasteiger partial charge on any atom is -0.496 e. The molecule has 0 unspecified atom stereocenters. The van der Waals surface area contributed by atoms with Crippen molar-refractivity contribution in [3.8, 4) is 11.8 Å². The van der Waals surface area contributed by atoms with Crippen molar-refractivity contribution < 1.29 is 9.47 Å². The van der Waals surface area contributed by atoms with Crippen molar-refractivity contribution in [2.45, 2.75) is 19.3 Å². The number of hydrogen-bond donors (Lipinski definition) is 0. The molecule has 4 heteroatoms. The Hall–Kier alpha value is -1.24. The number of halogens is 1. The summed E-state index contributed by atoms with van der Waals surface area (Å²) in [4.78, 5) is 0. The number of hydrogen-bond acceptors (Lipinski definition) is 3. The monoisotopic (exact) mass is 251 g/mol. The molecule has 0 saturated carbocycles. The number of benzene rings is 1. The van der Waals surface area contributed by atoms with E-state index in [0.717, 1.165) is 16.7 Å². The van der Waals surface area contributed by atoms with Crippen molar-refractivity contribution in [1.29, 1.82) is 5.26 Å². The van der Waals surface area contributed by atoms with Crippen LogP contribution in [0.5, 0.6) is 5.75 Å². The van der Waals surface area contributed by atoms with Crippen molar-refractivity contribution in [1.82, 2.24) is 0 Å². The predicted octanol–water partition coefficient (Wildman–Crippen LogP) is 2.76. The Balaban J connectivity index is 2.68. The lowest BCUT2D eigenvalue weighted by Crippen LogP contribution is -2.46. The summed E-state index contributed by atoms with van der Waals surface area (Å²) in [7, 11) is 1.61. The average Bonchev–Trinajstić information content (AvgIpc) is 2.27. The van der Waals surface area contributed by atoms with E-state index in [4.69, 9.17) is 21.1 Å². The van der Waals surface area contributed by atoms with Crippen LogP contribution in [0.25, 0.3) is 0 Å². The van der Waals surface area contributed by atoms with E-state index in [0.29, 0.717) is 24.0 Å². The van der Waals surface area contributed by atoms with E-state index in [-0.39, 0.29) is 0 Å². The van der Waals surface area contributed by atoms with Crippen LogP contribution in [0.1, 0.15) is 16.7 Å². The van der Waals surface area contributed by atoms with Crippen LogP contribution >= 0.6 is 11.6 Å². The fraction of sp³-hybridized carbons (Fsp3) is 0.462. The second kappa shape index (κ2) is 4.21. The van der Waals surface area contributed by atoms with Crippen molar-refractivity contribution in [3.63, 3.8) is 0 Å². The first-order chi connectivity index (χ1) is 8.05. The third-order valence-corrected chi connectivity index (χ3v) is 3.84. The van der Waals surface area contributed by atoms with Gasteiger partial charge in [0.1, 0.15) is 11.2 Å². The third kappa shape index (κ3) is 1.69. The fourth-order valence-electron chi connectivity index (χ4n) is 2.25. The van der Waals surface area contributed by atoms with Gasteiger partial charge in [-0.1, -0.05) is 11.6 Å². The van der Waals surface area contributed by atoms with Crippen LogP contribution in [0.3, 0.4) is 0 Å². The molecule has 0 spiro atoms. The van der Waals surface area contributed by atoms with E-state index in [1.165, 1.54) is 0 Å². The van der Waals surface area contributed by atoms with Gasteiger partial charge in [0.2, 0.25) is 0 Å². The third-order valence-electron chi connectivity index (χ3n) is 3.25. The smallest absolute Gasteiger partial charge is 0.132 e. The second-order valence-corrected chi connectivity index (χ2v) is 4.77. The number of nitrogens with zero attached hydrogens (tertiary/aromatic N) is 1. The van der Waals surface area contributed by atoms with Crippen LogP contribution < -0.4 is 4.74 Å². The zero-order valence-electron chi connectivity index (χ0n) is 10.1. The van der Waals surface area contributed by atoms with Crippen LogP contribution in [0, 0.1) is 25.2 Å². The summed E-state index contributed by atoms with van der Waals surface area (Å²) < 4.78 is 10.6. The first-order valence-corrected chi connectivity index (χ1v) is 5.76. The Morgan fingerprint density at radius 1 is 1.47 bits per heavy atom. The maximum atomic E-state index is 9.37. The van der Waals surface area contributed by atoms with Gasteiger partial charge >= 0.3 is 0 Å². The summed E-state index contributed by atoms with van der Waals surface area (Å²) in [6, 6.07) is 4.21. The molecule has 2 rings (SSSR count). The Morgan fingerprint density at radius 2 is 2.12 bits per heavy atom. The zero-order valence-corrected chi connectivity index (χ0v) is 10.9. The fourth-order valence-corrected chi connectivity index (χ4v) is 2.40. The number of nitriles is 1. The maximum Gasteiger partial charge on any atom is 0.132 e. The Bertz CT molecular complexity index is 501. The van der Waals surface area contributed by atoms with Crippen molar-refractivity contribution in [2.75, 3.05) is 20.3 Å². The average molecular weight is 252 g/mol. The Labute approximate surface area is 106 Å². The molecule has 17 heavy (non-hydrogen) atoms. The molecule has 3 nitrogen and oxygen atoms in total. The molecule has 1 heterocycles. The van der Waals surface area contributed by atoms with Crippen molar-refractivity contribution in [3.05, 3.63) is 27.8 Å². The van der Waals surface area contributed by atoms with E-state index in [9.17, 15) is 5.26 Å². The van der Waals surface area contributed by atoms with Gasteiger partial charge in [-0.3, -0.25) is 0 Å². The van der Waals surface area contributed by atoms with Crippen LogP contribution in [-0.2, 0) is 10.2 Å². The summed E-state index contributed by atoms with van der Waals surface area (Å²) in [6.07, 6.45) is 0. The molecular formula is C13H14ClNO2. The topological polar surface area (TPSA) is 42.2 Å². The SMILES string of the molecule is COc1cc(C)c(Cl)c(C)c1C1(C#N)COC1. The van der Waals surface area contributed by atoms with Crippen LogP contribution in [0.15, 0.2) is 6.07 Å². The molecule has 90 valence electrons. The molecule has 1 aliphatic rings. The van der Waals surface area contributed by atoms with Crippen molar-refractivity contribution >= 4 is 11.6 Å². The van der Waals surface area contributed by atoms with E-state index in [1.54, 1.807) is 7.11 Å². The minimum absolute atomic E-state index is 0.403. The molecule has 0 N–H and O–H groups in total. The van der Waals surface area contributed by atoms with Crippen LogP contribution in [0.2, 0.25) is 5.02 Å². The summed E-state index contributed by atoms with van der Waals surface area (Å²) in [5, 5.41) is 10.1. The molecule has 1 aromatic carbocycles. The molecule has 0 aromatic heterocycles. The molecule has 1 saturated heterocycles. The van der Waals surface area contributed by atoms with E-state index < -0.39 is 5.41 Å². The lowest BCUT2D eigenvalue weighted by atomic mass is 9.77. The van der Waals surface area contributed by atoms with Gasteiger partial charge in [-0.15, -0.1) is 0 Å². The van der Waals surface area contributed by atoms with Crippen LogP contribution in [-0.4, -0.2) is 20.3 Å². The van der Waals surface area contributed by atoms with Gasteiger partial charge in [0.05, 0.1) is 26.4 Å². The van der Waals surface area contributed by atoms with Gasteiger partial charge in [-0.05, 0) is 31.0 Å². The molecule has 0 atom stereocenters. The van der Waals surface area contributed by atoms with Gasteiger partial charge in [0, 0.05) is 10.6 Å². The van der Waals surface area contributed by atoms with Gasteiger partial charge in [0.25, 0.3) is 0 Å². The summed E-state index contributed by atoms with van der Waals surface area (Å²) in [5.74, 6) is 0.717. The Morgan fingerprint density at radius 3 is 2.53 bits per heavy atom. The first-order valence-electron chi connectivity index (χ1n) is 5.39. The molecule has 1 aliphatic heterocycles. The van der Waals surface area contributed by atoms with E-state index in [2.05, 4.69) is 6.07 Å². The summed E-state index contributed by atoms with van der Waals surface area (Å²) >= 11 is 6.25. The highest BCUT2D eigenvalue weighted by molar-refractivity contribution is 6.32. The normalized spacial score (nSPS) is 17.1. The van der Waals surface area contributed by atoms with E-state index in [1.807, 2.05) is 19.9 Å². The second-order valence-electron chi connectivity index (χ2n) is 4.40. The minimum atomic E-state index is -0.604. The summed E-state index contributed by atoms with van der Waals surface area (Å²) in [5.41, 5.74) is 2.13. The zero-order chi connectivity index (χ0) is 12.6.